The second kappa shape index (κ2) is 11.2. The van der Waals surface area contributed by atoms with E-state index >= 15 is 0 Å². The van der Waals surface area contributed by atoms with Crippen LogP contribution >= 0.6 is 11.6 Å². The number of halogens is 1. The highest BCUT2D eigenvalue weighted by Crippen LogP contribution is 2.39. The number of ether oxygens (including phenoxy) is 2. The molecule has 0 unspecified atom stereocenters. The van der Waals surface area contributed by atoms with Gasteiger partial charge in [-0.05, 0) is 63.2 Å². The van der Waals surface area contributed by atoms with E-state index in [4.69, 9.17) is 21.1 Å². The number of pyridine rings is 1. The number of hydrogen-bond acceptors (Lipinski definition) is 6. The molecule has 4 rings (SSSR count). The Kier molecular flexibility index (Phi) is 8.34. The summed E-state index contributed by atoms with van der Waals surface area (Å²) in [5, 5.41) is 10.5. The number of carbonyl (C=O) groups is 1. The van der Waals surface area contributed by atoms with Crippen LogP contribution in [0.3, 0.4) is 0 Å². The molecule has 1 fully saturated rings. The Morgan fingerprint density at radius 1 is 1.26 bits per heavy atom. The molecule has 3 heterocycles. The predicted octanol–water partition coefficient (Wildman–Crippen LogP) is 6.39. The molecule has 1 aliphatic rings. The average molecular weight is 560 g/mol. The summed E-state index contributed by atoms with van der Waals surface area (Å²) in [5.41, 5.74) is 2.01. The van der Waals surface area contributed by atoms with E-state index in [0.717, 1.165) is 35.4 Å². The van der Waals surface area contributed by atoms with Gasteiger partial charge in [0.25, 0.3) is 0 Å². The maximum atomic E-state index is 11.7. The van der Waals surface area contributed by atoms with Crippen molar-refractivity contribution in [1.82, 2.24) is 24.4 Å². The lowest BCUT2D eigenvalue weighted by molar-refractivity contribution is 0.0219. The quantitative estimate of drug-likeness (QED) is 0.174. The van der Waals surface area contributed by atoms with Gasteiger partial charge < -0.3 is 24.0 Å². The van der Waals surface area contributed by atoms with Gasteiger partial charge in [0.1, 0.15) is 12.8 Å². The number of aromatic nitrogens is 4. The smallest absolute Gasteiger partial charge is 0.407 e. The maximum Gasteiger partial charge on any atom is 0.407 e. The zero-order valence-corrected chi connectivity index (χ0v) is 24.8. The molecule has 0 radical (unpaired) electrons. The Morgan fingerprint density at radius 3 is 2.61 bits per heavy atom. The highest BCUT2D eigenvalue weighted by atomic mass is 35.5. The van der Waals surface area contributed by atoms with Crippen LogP contribution in [0.5, 0.6) is 5.88 Å². The second-order valence-electron chi connectivity index (χ2n) is 12.2. The Hall–Kier alpha value is -2.69. The van der Waals surface area contributed by atoms with E-state index in [2.05, 4.69) is 34.6 Å². The molecule has 0 aromatic carbocycles. The van der Waals surface area contributed by atoms with E-state index in [1.54, 1.807) is 12.4 Å². The van der Waals surface area contributed by atoms with Gasteiger partial charge in [-0.3, -0.25) is 4.98 Å². The SMILES string of the molecule is CC(C)(C)N(C[C@H]1C[C@H](Oc2nc(Cl)nc3c2c(-c2cccnc2)cn3COCC[Si](C)(C)C)C1)C(=O)O. The van der Waals surface area contributed by atoms with Crippen LogP contribution in [0.4, 0.5) is 4.79 Å². The van der Waals surface area contributed by atoms with E-state index < -0.39 is 19.7 Å². The second-order valence-corrected chi connectivity index (χ2v) is 18.2. The Balaban J connectivity index is 1.57. The molecule has 0 bridgehead atoms. The summed E-state index contributed by atoms with van der Waals surface area (Å²) in [6.07, 6.45) is 6.03. The van der Waals surface area contributed by atoms with Gasteiger partial charge in [-0.15, -0.1) is 0 Å². The standard InChI is InChI=1S/C27H38ClN5O4Si/c1-27(2,3)33(26(34)35)15-18-12-20(13-18)37-24-22-21(19-8-7-9-29-14-19)16-32(23(22)30-25(28)31-24)17-36-10-11-38(4,5)6/h7-9,14,16,18,20H,10-13,15,17H2,1-6H3,(H,34,35)/t18-,20-. The number of fused-ring (bicyclic) bond motifs is 1. The van der Waals surface area contributed by atoms with Crippen molar-refractivity contribution in [1.29, 1.82) is 0 Å². The van der Waals surface area contributed by atoms with Crippen LogP contribution in [0, 0.1) is 5.92 Å². The normalized spacial score (nSPS) is 17.9. The van der Waals surface area contributed by atoms with Crippen molar-refractivity contribution in [2.24, 2.45) is 5.92 Å². The topological polar surface area (TPSA) is 103 Å². The molecule has 0 atom stereocenters. The summed E-state index contributed by atoms with van der Waals surface area (Å²) in [6.45, 7) is 14.2. The van der Waals surface area contributed by atoms with Gasteiger partial charge in [0.05, 0.1) is 5.39 Å². The fourth-order valence-electron chi connectivity index (χ4n) is 4.57. The number of nitrogens with zero attached hydrogens (tertiary/aromatic N) is 5. The summed E-state index contributed by atoms with van der Waals surface area (Å²) in [5.74, 6) is 0.652. The minimum absolute atomic E-state index is 0.0807. The van der Waals surface area contributed by atoms with Gasteiger partial charge in [-0.1, -0.05) is 25.7 Å². The molecule has 3 aromatic rings. The number of hydrogen-bond donors (Lipinski definition) is 1. The third-order valence-corrected chi connectivity index (χ3v) is 8.68. The van der Waals surface area contributed by atoms with Crippen LogP contribution in [-0.4, -0.2) is 68.5 Å². The van der Waals surface area contributed by atoms with Gasteiger partial charge in [0.2, 0.25) is 11.2 Å². The van der Waals surface area contributed by atoms with Crippen molar-refractivity contribution in [3.63, 3.8) is 0 Å². The van der Waals surface area contributed by atoms with Gasteiger partial charge in [0.15, 0.2) is 5.65 Å². The van der Waals surface area contributed by atoms with Crippen molar-refractivity contribution >= 4 is 36.8 Å². The van der Waals surface area contributed by atoms with Crippen LogP contribution in [0.2, 0.25) is 31.0 Å². The number of rotatable bonds is 10. The van der Waals surface area contributed by atoms with Crippen LogP contribution in [-0.2, 0) is 11.5 Å². The summed E-state index contributed by atoms with van der Waals surface area (Å²) in [4.78, 5) is 26.5. The van der Waals surface area contributed by atoms with E-state index in [-0.39, 0.29) is 17.3 Å². The van der Waals surface area contributed by atoms with E-state index in [1.165, 1.54) is 4.90 Å². The molecule has 9 nitrogen and oxygen atoms in total. The lowest BCUT2D eigenvalue weighted by atomic mass is 9.81. The highest BCUT2D eigenvalue weighted by Gasteiger charge is 2.37. The summed E-state index contributed by atoms with van der Waals surface area (Å²) in [6, 6.07) is 4.95. The molecule has 1 aliphatic carbocycles. The third-order valence-electron chi connectivity index (χ3n) is 6.81. The molecule has 0 aliphatic heterocycles. The number of amides is 1. The molecule has 1 N–H and O–H groups in total. The first-order valence-electron chi connectivity index (χ1n) is 13.0. The van der Waals surface area contributed by atoms with Gasteiger partial charge in [-0.25, -0.2) is 4.79 Å². The van der Waals surface area contributed by atoms with Crippen LogP contribution in [0.25, 0.3) is 22.2 Å². The number of carboxylic acid groups (broad SMARTS) is 1. The molecule has 3 aromatic heterocycles. The molecule has 0 saturated heterocycles. The third kappa shape index (κ3) is 6.84. The molecular formula is C27H38ClN5O4Si. The van der Waals surface area contributed by atoms with E-state index in [1.807, 2.05) is 43.7 Å². The Morgan fingerprint density at radius 2 is 2.00 bits per heavy atom. The molecular weight excluding hydrogens is 522 g/mol. The van der Waals surface area contributed by atoms with Crippen molar-refractivity contribution in [2.75, 3.05) is 13.2 Å². The molecule has 1 saturated carbocycles. The molecule has 206 valence electrons. The van der Waals surface area contributed by atoms with E-state index in [9.17, 15) is 9.90 Å². The molecule has 1 amide bonds. The zero-order chi connectivity index (χ0) is 27.7. The fourth-order valence-corrected chi connectivity index (χ4v) is 5.48. The molecule has 11 heteroatoms. The van der Waals surface area contributed by atoms with Crippen molar-refractivity contribution in [3.05, 3.63) is 36.0 Å². The van der Waals surface area contributed by atoms with Crippen molar-refractivity contribution < 1.29 is 19.4 Å². The lowest BCUT2D eigenvalue weighted by Crippen LogP contribution is -2.50. The van der Waals surface area contributed by atoms with Gasteiger partial charge in [-0.2, -0.15) is 9.97 Å². The maximum absolute atomic E-state index is 11.7. The lowest BCUT2D eigenvalue weighted by Gasteiger charge is -2.41. The first-order chi connectivity index (χ1) is 17.8. The van der Waals surface area contributed by atoms with Crippen molar-refractivity contribution in [3.8, 4) is 17.0 Å². The fraction of sp³-hybridized carbons (Fsp3) is 0.556. The van der Waals surface area contributed by atoms with E-state index in [0.29, 0.717) is 31.4 Å². The first kappa shape index (κ1) is 28.3. The Labute approximate surface area is 230 Å². The first-order valence-corrected chi connectivity index (χ1v) is 17.1. The minimum Gasteiger partial charge on any atom is -0.474 e. The van der Waals surface area contributed by atoms with Crippen LogP contribution in [0.15, 0.2) is 30.7 Å². The largest absolute Gasteiger partial charge is 0.474 e. The average Bonchev–Trinajstić information content (AvgIpc) is 3.15. The highest BCUT2D eigenvalue weighted by molar-refractivity contribution is 6.76. The predicted molar refractivity (Wildman–Crippen MR) is 151 cm³/mol. The van der Waals surface area contributed by atoms with Crippen molar-refractivity contribution in [2.45, 2.75) is 77.7 Å². The van der Waals surface area contributed by atoms with Gasteiger partial charge >= 0.3 is 6.09 Å². The van der Waals surface area contributed by atoms with Crippen LogP contribution < -0.4 is 4.74 Å². The Bertz CT molecular complexity index is 1270. The summed E-state index contributed by atoms with van der Waals surface area (Å²) >= 11 is 6.36. The summed E-state index contributed by atoms with van der Waals surface area (Å²) in [7, 11) is -1.21. The molecule has 38 heavy (non-hydrogen) atoms. The summed E-state index contributed by atoms with van der Waals surface area (Å²) < 4.78 is 14.4. The molecule has 0 spiro atoms. The van der Waals surface area contributed by atoms with Gasteiger partial charge in [0, 0.05) is 56.5 Å². The zero-order valence-electron chi connectivity index (χ0n) is 23.1. The van der Waals surface area contributed by atoms with Crippen LogP contribution in [0.1, 0.15) is 33.6 Å². The minimum atomic E-state index is -1.21. The monoisotopic (exact) mass is 559 g/mol.